The summed E-state index contributed by atoms with van der Waals surface area (Å²) in [5.41, 5.74) is 2.87. The number of carboxylic acids is 1. The number of carbonyl (C=O) groups is 2. The Morgan fingerprint density at radius 1 is 1.30 bits per heavy atom. The lowest BCUT2D eigenvalue weighted by molar-refractivity contribution is -0.148. The SMILES string of the molecule is CC1CN(C(=O)C2CC23CCc2ccccc23)CCC1C(=O)O. The van der Waals surface area contributed by atoms with E-state index in [9.17, 15) is 14.7 Å². The summed E-state index contributed by atoms with van der Waals surface area (Å²) < 4.78 is 0. The van der Waals surface area contributed by atoms with E-state index in [4.69, 9.17) is 0 Å². The van der Waals surface area contributed by atoms with Crippen molar-refractivity contribution in [2.24, 2.45) is 17.8 Å². The molecule has 4 unspecified atom stereocenters. The van der Waals surface area contributed by atoms with Gasteiger partial charge in [-0.2, -0.15) is 0 Å². The minimum Gasteiger partial charge on any atom is -0.481 e. The number of piperidine rings is 1. The lowest BCUT2D eigenvalue weighted by atomic mass is 9.86. The molecule has 1 aromatic carbocycles. The summed E-state index contributed by atoms with van der Waals surface area (Å²) >= 11 is 0. The Labute approximate surface area is 136 Å². The third-order valence-corrected chi connectivity index (χ3v) is 6.30. The molecule has 1 saturated carbocycles. The largest absolute Gasteiger partial charge is 0.481 e. The fraction of sp³-hybridized carbons (Fsp3) is 0.579. The molecule has 122 valence electrons. The van der Waals surface area contributed by atoms with Gasteiger partial charge in [0.05, 0.1) is 5.92 Å². The smallest absolute Gasteiger partial charge is 0.306 e. The van der Waals surface area contributed by atoms with Gasteiger partial charge in [0, 0.05) is 24.4 Å². The third kappa shape index (κ3) is 2.19. The lowest BCUT2D eigenvalue weighted by Gasteiger charge is -2.35. The molecular weight excluding hydrogens is 290 g/mol. The molecule has 4 rings (SSSR count). The lowest BCUT2D eigenvalue weighted by Crippen LogP contribution is -2.46. The Hall–Kier alpha value is -1.84. The predicted octanol–water partition coefficient (Wildman–Crippen LogP) is 2.46. The summed E-state index contributed by atoms with van der Waals surface area (Å²) in [6, 6.07) is 8.53. The molecule has 3 aliphatic rings. The van der Waals surface area contributed by atoms with Crippen LogP contribution in [-0.2, 0) is 21.4 Å². The number of hydrogen-bond acceptors (Lipinski definition) is 2. The zero-order valence-electron chi connectivity index (χ0n) is 13.5. The van der Waals surface area contributed by atoms with Crippen LogP contribution in [0.25, 0.3) is 0 Å². The van der Waals surface area contributed by atoms with Crippen molar-refractivity contribution in [2.75, 3.05) is 13.1 Å². The summed E-state index contributed by atoms with van der Waals surface area (Å²) in [7, 11) is 0. The molecule has 1 saturated heterocycles. The van der Waals surface area contributed by atoms with E-state index >= 15 is 0 Å². The van der Waals surface area contributed by atoms with Crippen LogP contribution in [0.4, 0.5) is 0 Å². The molecule has 1 amide bonds. The molecule has 0 radical (unpaired) electrons. The number of nitrogens with zero attached hydrogens (tertiary/aromatic N) is 1. The van der Waals surface area contributed by atoms with Crippen molar-refractivity contribution in [1.82, 2.24) is 4.90 Å². The Kier molecular flexibility index (Phi) is 3.26. The van der Waals surface area contributed by atoms with Crippen LogP contribution in [0.1, 0.15) is 37.3 Å². The van der Waals surface area contributed by atoms with Gasteiger partial charge in [-0.15, -0.1) is 0 Å². The highest BCUT2D eigenvalue weighted by atomic mass is 16.4. The Balaban J connectivity index is 1.47. The van der Waals surface area contributed by atoms with Crippen LogP contribution in [0, 0.1) is 17.8 Å². The standard InChI is InChI=1S/C19H23NO3/c1-12-11-20(9-7-14(12)18(22)23)17(21)16-10-19(16)8-6-13-4-2-3-5-15(13)19/h2-5,12,14,16H,6-11H2,1H3,(H,22,23). The van der Waals surface area contributed by atoms with Crippen molar-refractivity contribution in [3.05, 3.63) is 35.4 Å². The summed E-state index contributed by atoms with van der Waals surface area (Å²) in [6.07, 6.45) is 3.72. The van der Waals surface area contributed by atoms with E-state index in [0.29, 0.717) is 19.5 Å². The van der Waals surface area contributed by atoms with Gasteiger partial charge in [-0.1, -0.05) is 31.2 Å². The molecule has 0 bridgehead atoms. The summed E-state index contributed by atoms with van der Waals surface area (Å²) in [5.74, 6) is -0.635. The summed E-state index contributed by atoms with van der Waals surface area (Å²) in [6.45, 7) is 3.13. The highest BCUT2D eigenvalue weighted by Crippen LogP contribution is 2.62. The Bertz CT molecular complexity index is 670. The van der Waals surface area contributed by atoms with Crippen LogP contribution < -0.4 is 0 Å². The molecule has 2 aliphatic carbocycles. The zero-order valence-corrected chi connectivity index (χ0v) is 13.5. The van der Waals surface area contributed by atoms with Crippen LogP contribution in [0.2, 0.25) is 0 Å². The van der Waals surface area contributed by atoms with Gasteiger partial charge < -0.3 is 10.0 Å². The summed E-state index contributed by atoms with van der Waals surface area (Å²) in [5, 5.41) is 9.23. The Morgan fingerprint density at radius 3 is 2.83 bits per heavy atom. The maximum Gasteiger partial charge on any atom is 0.306 e. The van der Waals surface area contributed by atoms with Gasteiger partial charge in [0.25, 0.3) is 0 Å². The number of benzene rings is 1. The number of aliphatic carboxylic acids is 1. The second-order valence-corrected chi connectivity index (χ2v) is 7.56. The third-order valence-electron chi connectivity index (χ3n) is 6.30. The number of carboxylic acid groups (broad SMARTS) is 1. The number of amides is 1. The highest BCUT2D eigenvalue weighted by Gasteiger charge is 2.62. The van der Waals surface area contributed by atoms with Crippen LogP contribution in [0.5, 0.6) is 0 Å². The number of fused-ring (bicyclic) bond motifs is 2. The van der Waals surface area contributed by atoms with Gasteiger partial charge in [0.15, 0.2) is 0 Å². The number of carbonyl (C=O) groups excluding carboxylic acids is 1. The van der Waals surface area contributed by atoms with Crippen molar-refractivity contribution in [3.8, 4) is 0 Å². The van der Waals surface area contributed by atoms with Crippen LogP contribution in [-0.4, -0.2) is 35.0 Å². The quantitative estimate of drug-likeness (QED) is 0.912. The molecule has 1 N–H and O–H groups in total. The van der Waals surface area contributed by atoms with E-state index in [1.807, 2.05) is 11.8 Å². The first-order chi connectivity index (χ1) is 11.0. The van der Waals surface area contributed by atoms with Gasteiger partial charge >= 0.3 is 5.97 Å². The van der Waals surface area contributed by atoms with Gasteiger partial charge in [-0.3, -0.25) is 9.59 Å². The molecule has 1 aromatic rings. The number of aryl methyl sites for hydroxylation is 1. The predicted molar refractivity (Wildman–Crippen MR) is 86.0 cm³/mol. The van der Waals surface area contributed by atoms with Crippen LogP contribution >= 0.6 is 0 Å². The molecular formula is C19H23NO3. The van der Waals surface area contributed by atoms with Gasteiger partial charge in [0.1, 0.15) is 0 Å². The molecule has 4 heteroatoms. The number of hydrogen-bond donors (Lipinski definition) is 1. The van der Waals surface area contributed by atoms with Crippen molar-refractivity contribution < 1.29 is 14.7 Å². The fourth-order valence-electron chi connectivity index (χ4n) is 4.85. The van der Waals surface area contributed by atoms with Crippen molar-refractivity contribution in [1.29, 1.82) is 0 Å². The maximum absolute atomic E-state index is 12.9. The molecule has 4 nitrogen and oxygen atoms in total. The first-order valence-electron chi connectivity index (χ1n) is 8.63. The minimum absolute atomic E-state index is 0.0377. The average Bonchev–Trinajstić information content (AvgIpc) is 3.15. The molecule has 1 aliphatic heterocycles. The molecule has 1 spiro atoms. The average molecular weight is 313 g/mol. The van der Waals surface area contributed by atoms with E-state index in [1.165, 1.54) is 11.1 Å². The molecule has 2 fully saturated rings. The van der Waals surface area contributed by atoms with E-state index in [0.717, 1.165) is 19.3 Å². The van der Waals surface area contributed by atoms with Crippen molar-refractivity contribution >= 4 is 11.9 Å². The molecule has 0 aromatic heterocycles. The van der Waals surface area contributed by atoms with Gasteiger partial charge in [-0.25, -0.2) is 0 Å². The van der Waals surface area contributed by atoms with E-state index in [-0.39, 0.29) is 29.1 Å². The van der Waals surface area contributed by atoms with E-state index in [2.05, 4.69) is 24.3 Å². The van der Waals surface area contributed by atoms with Gasteiger partial charge in [-0.05, 0) is 42.7 Å². The topological polar surface area (TPSA) is 57.6 Å². The minimum atomic E-state index is -0.725. The highest BCUT2D eigenvalue weighted by molar-refractivity contribution is 5.85. The Morgan fingerprint density at radius 2 is 2.09 bits per heavy atom. The van der Waals surface area contributed by atoms with Crippen molar-refractivity contribution in [2.45, 2.75) is 38.0 Å². The first-order valence-corrected chi connectivity index (χ1v) is 8.63. The van der Waals surface area contributed by atoms with E-state index in [1.54, 1.807) is 0 Å². The van der Waals surface area contributed by atoms with Crippen LogP contribution in [0.15, 0.2) is 24.3 Å². The van der Waals surface area contributed by atoms with E-state index < -0.39 is 5.97 Å². The molecule has 4 atom stereocenters. The zero-order chi connectivity index (χ0) is 16.2. The normalized spacial score (nSPS) is 35.2. The van der Waals surface area contributed by atoms with Crippen LogP contribution in [0.3, 0.4) is 0 Å². The molecule has 1 heterocycles. The number of rotatable bonds is 2. The van der Waals surface area contributed by atoms with Crippen molar-refractivity contribution in [3.63, 3.8) is 0 Å². The first kappa shape index (κ1) is 14.7. The fourth-order valence-corrected chi connectivity index (χ4v) is 4.85. The van der Waals surface area contributed by atoms with Gasteiger partial charge in [0.2, 0.25) is 5.91 Å². The second kappa shape index (κ2) is 5.08. The molecule has 23 heavy (non-hydrogen) atoms. The maximum atomic E-state index is 12.9. The second-order valence-electron chi connectivity index (χ2n) is 7.56. The summed E-state index contributed by atoms with van der Waals surface area (Å²) in [4.78, 5) is 26.1. The monoisotopic (exact) mass is 313 g/mol. The number of likely N-dealkylation sites (tertiary alicyclic amines) is 1.